The number of allylic oxidation sites excluding steroid dienone is 3. The molecule has 2 rings (SSSR count). The molecule has 48 valence electrons. The van der Waals surface area contributed by atoms with Crippen LogP contribution in [-0.2, 0) is 0 Å². The first kappa shape index (κ1) is 5.06. The first-order valence-electron chi connectivity index (χ1n) is 3.27. The summed E-state index contributed by atoms with van der Waals surface area (Å²) in [6.45, 7) is 0. The second-order valence-electron chi connectivity index (χ2n) is 2.69. The van der Waals surface area contributed by atoms with Gasteiger partial charge in [-0.1, -0.05) is 12.2 Å². The van der Waals surface area contributed by atoms with E-state index in [1.165, 1.54) is 6.42 Å². The minimum atomic E-state index is 0.793. The van der Waals surface area contributed by atoms with Crippen molar-refractivity contribution in [3.05, 3.63) is 23.9 Å². The molecule has 0 bridgehead atoms. The summed E-state index contributed by atoms with van der Waals surface area (Å²) < 4.78 is 0. The molecule has 2 unspecified atom stereocenters. The average Bonchev–Trinajstić information content (AvgIpc) is 2.64. The third-order valence-corrected chi connectivity index (χ3v) is 1.97. The number of nitrogens with one attached hydrogen (secondary N) is 1. The van der Waals surface area contributed by atoms with Crippen LogP contribution in [0.4, 0.5) is 0 Å². The second-order valence-corrected chi connectivity index (χ2v) is 2.69. The first-order chi connectivity index (χ1) is 4.40. The highest BCUT2D eigenvalue weighted by Gasteiger charge is 2.34. The van der Waals surface area contributed by atoms with Crippen molar-refractivity contribution < 1.29 is 0 Å². The normalized spacial score (nSPS) is 37.2. The number of hydrogen-bond donors (Lipinski definition) is 2. The number of nitrogens with two attached hydrogens (primary N) is 1. The van der Waals surface area contributed by atoms with Crippen LogP contribution in [0.15, 0.2) is 23.9 Å². The van der Waals surface area contributed by atoms with Crippen LogP contribution in [0.1, 0.15) is 6.42 Å². The maximum absolute atomic E-state index is 5.21. The van der Waals surface area contributed by atoms with Crippen LogP contribution >= 0.6 is 0 Å². The Balaban J connectivity index is 2.16. The molecule has 0 aromatic heterocycles. The third-order valence-electron chi connectivity index (χ3n) is 1.97. The lowest BCUT2D eigenvalue weighted by Crippen LogP contribution is -2.20. The fourth-order valence-electron chi connectivity index (χ4n) is 1.26. The smallest absolute Gasteiger partial charge is 0.0445 e. The summed E-state index contributed by atoms with van der Waals surface area (Å²) in [7, 11) is 0. The van der Waals surface area contributed by atoms with Crippen molar-refractivity contribution in [2.75, 3.05) is 0 Å². The van der Waals surface area contributed by atoms with E-state index < -0.39 is 0 Å². The largest absolute Gasteiger partial charge is 0.324 e. The monoisotopic (exact) mass is 122 g/mol. The molecule has 3 N–H and O–H groups in total. The zero-order valence-electron chi connectivity index (χ0n) is 5.17. The molecular formula is C7H10N2. The van der Waals surface area contributed by atoms with Gasteiger partial charge in [0.1, 0.15) is 0 Å². The summed E-state index contributed by atoms with van der Waals surface area (Å²) in [6.07, 6.45) is 7.79. The lowest BCUT2D eigenvalue weighted by molar-refractivity contribution is 0.860. The molecule has 0 aliphatic heterocycles. The zero-order chi connectivity index (χ0) is 6.27. The molecule has 1 fully saturated rings. The van der Waals surface area contributed by atoms with Gasteiger partial charge in [-0.2, -0.15) is 0 Å². The minimum Gasteiger partial charge on any atom is -0.324 e. The van der Waals surface area contributed by atoms with Crippen LogP contribution in [0, 0.1) is 11.8 Å². The molecule has 2 aliphatic carbocycles. The molecule has 0 spiro atoms. The van der Waals surface area contributed by atoms with Crippen molar-refractivity contribution in [1.82, 2.24) is 5.43 Å². The summed E-state index contributed by atoms with van der Waals surface area (Å²) in [6, 6.07) is 0. The molecule has 2 aliphatic rings. The Bertz CT molecular complexity index is 181. The summed E-state index contributed by atoms with van der Waals surface area (Å²) >= 11 is 0. The van der Waals surface area contributed by atoms with Gasteiger partial charge in [0, 0.05) is 5.70 Å². The summed E-state index contributed by atoms with van der Waals surface area (Å²) in [5, 5.41) is 0. The maximum atomic E-state index is 5.21. The predicted octanol–water partition coefficient (Wildman–Crippen LogP) is 0.540. The molecule has 0 aromatic carbocycles. The number of hydrogen-bond acceptors (Lipinski definition) is 2. The van der Waals surface area contributed by atoms with Gasteiger partial charge >= 0.3 is 0 Å². The Morgan fingerprint density at radius 3 is 3.11 bits per heavy atom. The molecule has 9 heavy (non-hydrogen) atoms. The van der Waals surface area contributed by atoms with Gasteiger partial charge < -0.3 is 5.43 Å². The van der Waals surface area contributed by atoms with Gasteiger partial charge in [-0.15, -0.1) is 0 Å². The van der Waals surface area contributed by atoms with Crippen LogP contribution in [-0.4, -0.2) is 0 Å². The van der Waals surface area contributed by atoms with Gasteiger partial charge in [0.25, 0.3) is 0 Å². The standard InChI is InChI=1S/C7H10N2/c8-9-7-2-1-5-3-6(5)4-7/h1-2,4-6,9H,3,8H2. The van der Waals surface area contributed by atoms with E-state index in [4.69, 9.17) is 5.84 Å². The van der Waals surface area contributed by atoms with E-state index in [1.807, 2.05) is 6.08 Å². The van der Waals surface area contributed by atoms with E-state index in [2.05, 4.69) is 17.6 Å². The third kappa shape index (κ3) is 0.754. The van der Waals surface area contributed by atoms with Crippen LogP contribution < -0.4 is 11.3 Å². The minimum absolute atomic E-state index is 0.793. The van der Waals surface area contributed by atoms with Crippen LogP contribution in [0.2, 0.25) is 0 Å². The first-order valence-corrected chi connectivity index (χ1v) is 3.27. The Hall–Kier alpha value is -0.760. The number of rotatable bonds is 1. The summed E-state index contributed by atoms with van der Waals surface area (Å²) in [4.78, 5) is 0. The molecule has 0 aromatic rings. The van der Waals surface area contributed by atoms with Gasteiger partial charge in [0.2, 0.25) is 0 Å². The second kappa shape index (κ2) is 1.61. The van der Waals surface area contributed by atoms with Crippen molar-refractivity contribution in [2.45, 2.75) is 6.42 Å². The average molecular weight is 122 g/mol. The Morgan fingerprint density at radius 2 is 2.44 bits per heavy atom. The summed E-state index contributed by atoms with van der Waals surface area (Å²) in [5.41, 5.74) is 3.70. The van der Waals surface area contributed by atoms with Crippen LogP contribution in [0.25, 0.3) is 0 Å². The van der Waals surface area contributed by atoms with Crippen molar-refractivity contribution >= 4 is 0 Å². The fourth-order valence-corrected chi connectivity index (χ4v) is 1.26. The Morgan fingerprint density at radius 1 is 1.56 bits per heavy atom. The van der Waals surface area contributed by atoms with Gasteiger partial charge in [-0.05, 0) is 24.3 Å². The van der Waals surface area contributed by atoms with Gasteiger partial charge in [-0.3, -0.25) is 5.84 Å². The molecular weight excluding hydrogens is 112 g/mol. The van der Waals surface area contributed by atoms with Crippen LogP contribution in [0.5, 0.6) is 0 Å². The van der Waals surface area contributed by atoms with E-state index >= 15 is 0 Å². The zero-order valence-corrected chi connectivity index (χ0v) is 5.17. The van der Waals surface area contributed by atoms with Gasteiger partial charge in [0.15, 0.2) is 0 Å². The van der Waals surface area contributed by atoms with Crippen LogP contribution in [0.3, 0.4) is 0 Å². The lowest BCUT2D eigenvalue weighted by Gasteiger charge is -2.02. The lowest BCUT2D eigenvalue weighted by atomic mass is 10.2. The maximum Gasteiger partial charge on any atom is 0.0445 e. The number of hydrazine groups is 1. The highest BCUT2D eigenvalue weighted by molar-refractivity contribution is 5.28. The molecule has 0 radical (unpaired) electrons. The molecule has 1 saturated carbocycles. The fraction of sp³-hybridized carbons (Fsp3) is 0.429. The van der Waals surface area contributed by atoms with E-state index in [0.717, 1.165) is 17.5 Å². The highest BCUT2D eigenvalue weighted by Crippen LogP contribution is 2.43. The Labute approximate surface area is 54.4 Å². The Kier molecular flexibility index (Phi) is 0.904. The predicted molar refractivity (Wildman–Crippen MR) is 36.1 cm³/mol. The van der Waals surface area contributed by atoms with E-state index in [9.17, 15) is 0 Å². The van der Waals surface area contributed by atoms with Gasteiger partial charge in [0.05, 0.1) is 0 Å². The van der Waals surface area contributed by atoms with Crippen molar-refractivity contribution in [3.8, 4) is 0 Å². The SMILES string of the molecule is NNC1=CC2CC2C=C1. The van der Waals surface area contributed by atoms with E-state index in [0.29, 0.717) is 0 Å². The van der Waals surface area contributed by atoms with E-state index in [1.54, 1.807) is 0 Å². The number of fused-ring (bicyclic) bond motifs is 1. The molecule has 0 amide bonds. The molecule has 0 saturated heterocycles. The van der Waals surface area contributed by atoms with Crippen molar-refractivity contribution in [1.29, 1.82) is 0 Å². The molecule has 2 atom stereocenters. The van der Waals surface area contributed by atoms with Gasteiger partial charge in [-0.25, -0.2) is 0 Å². The molecule has 0 heterocycles. The molecule has 2 heteroatoms. The quantitative estimate of drug-likeness (QED) is 0.393. The topological polar surface area (TPSA) is 38.0 Å². The highest BCUT2D eigenvalue weighted by atomic mass is 15.2. The van der Waals surface area contributed by atoms with Crippen molar-refractivity contribution in [2.24, 2.45) is 17.7 Å². The molecule has 2 nitrogen and oxygen atoms in total. The van der Waals surface area contributed by atoms with E-state index in [-0.39, 0.29) is 0 Å². The van der Waals surface area contributed by atoms with Crippen molar-refractivity contribution in [3.63, 3.8) is 0 Å². The summed E-state index contributed by atoms with van der Waals surface area (Å²) in [5.74, 6) is 6.84.